The second-order valence-corrected chi connectivity index (χ2v) is 12.9. The van der Waals surface area contributed by atoms with Crippen LogP contribution in [0.15, 0.2) is 0 Å². The lowest BCUT2D eigenvalue weighted by Gasteiger charge is -2.20. The van der Waals surface area contributed by atoms with E-state index in [1.54, 1.807) is 0 Å². The van der Waals surface area contributed by atoms with Crippen molar-refractivity contribution in [2.45, 2.75) is 38.1 Å². The SMILES string of the molecule is C[Si](C)(C)CCOC(=O)N[C@@H](CCNC(=O)CO)C(=O)NCCNCCN. The van der Waals surface area contributed by atoms with Gasteiger partial charge in [0.15, 0.2) is 0 Å². The van der Waals surface area contributed by atoms with E-state index in [-0.39, 0.29) is 18.9 Å². The van der Waals surface area contributed by atoms with Crippen LogP contribution in [0.1, 0.15) is 6.42 Å². The molecule has 0 unspecified atom stereocenters. The van der Waals surface area contributed by atoms with Gasteiger partial charge >= 0.3 is 6.09 Å². The molecule has 0 aromatic heterocycles. The van der Waals surface area contributed by atoms with Crippen LogP contribution in [0.3, 0.4) is 0 Å². The van der Waals surface area contributed by atoms with Gasteiger partial charge in [0, 0.05) is 40.8 Å². The van der Waals surface area contributed by atoms with Gasteiger partial charge in [0.05, 0.1) is 6.61 Å². The fraction of sp³-hybridized carbons (Fsp3) is 0.812. The Bertz CT molecular complexity index is 459. The van der Waals surface area contributed by atoms with Crippen molar-refractivity contribution in [3.63, 3.8) is 0 Å². The topological polar surface area (TPSA) is 155 Å². The van der Waals surface area contributed by atoms with Crippen molar-refractivity contribution in [1.82, 2.24) is 21.3 Å². The molecule has 0 aromatic carbocycles. The second-order valence-electron chi connectivity index (χ2n) is 7.27. The fourth-order valence-electron chi connectivity index (χ4n) is 1.94. The minimum atomic E-state index is -1.32. The van der Waals surface area contributed by atoms with E-state index in [4.69, 9.17) is 15.6 Å². The minimum Gasteiger partial charge on any atom is -0.450 e. The molecule has 0 fully saturated rings. The maximum absolute atomic E-state index is 12.3. The van der Waals surface area contributed by atoms with E-state index in [2.05, 4.69) is 40.9 Å². The monoisotopic (exact) mass is 405 g/mol. The molecule has 0 saturated carbocycles. The molecular formula is C16H35N5O5Si. The Morgan fingerprint density at radius 1 is 1.07 bits per heavy atom. The highest BCUT2D eigenvalue weighted by atomic mass is 28.3. The number of nitrogens with two attached hydrogens (primary N) is 1. The lowest BCUT2D eigenvalue weighted by atomic mass is 10.2. The van der Waals surface area contributed by atoms with E-state index < -0.39 is 32.7 Å². The molecule has 0 aromatic rings. The first kappa shape index (κ1) is 25.3. The number of amides is 3. The zero-order valence-electron chi connectivity index (χ0n) is 16.6. The Balaban J connectivity index is 4.46. The third kappa shape index (κ3) is 15.1. The van der Waals surface area contributed by atoms with E-state index in [1.807, 2.05) is 0 Å². The molecule has 1 atom stereocenters. The molecular weight excluding hydrogens is 370 g/mol. The third-order valence-electron chi connectivity index (χ3n) is 3.51. The molecule has 10 nitrogen and oxygen atoms in total. The lowest BCUT2D eigenvalue weighted by Crippen LogP contribution is -2.49. The van der Waals surface area contributed by atoms with Gasteiger partial charge in [-0.05, 0) is 12.5 Å². The van der Waals surface area contributed by atoms with Crippen LogP contribution < -0.4 is 27.0 Å². The van der Waals surface area contributed by atoms with Gasteiger partial charge in [-0.1, -0.05) is 19.6 Å². The van der Waals surface area contributed by atoms with Gasteiger partial charge < -0.3 is 36.8 Å². The average molecular weight is 406 g/mol. The third-order valence-corrected chi connectivity index (χ3v) is 5.22. The van der Waals surface area contributed by atoms with Gasteiger partial charge in [-0.15, -0.1) is 0 Å². The molecule has 158 valence electrons. The van der Waals surface area contributed by atoms with E-state index in [9.17, 15) is 14.4 Å². The Kier molecular flexibility index (Phi) is 13.5. The smallest absolute Gasteiger partial charge is 0.407 e. The highest BCUT2D eigenvalue weighted by Crippen LogP contribution is 2.07. The van der Waals surface area contributed by atoms with Crippen LogP contribution in [0.25, 0.3) is 0 Å². The number of aliphatic hydroxyl groups excluding tert-OH is 1. The number of nitrogens with one attached hydrogen (secondary N) is 4. The number of hydrogen-bond donors (Lipinski definition) is 6. The molecule has 0 radical (unpaired) electrons. The summed E-state index contributed by atoms with van der Waals surface area (Å²) >= 11 is 0. The van der Waals surface area contributed by atoms with Crippen LogP contribution in [0.2, 0.25) is 25.7 Å². The van der Waals surface area contributed by atoms with E-state index in [1.165, 1.54) is 0 Å². The average Bonchev–Trinajstić information content (AvgIpc) is 2.59. The van der Waals surface area contributed by atoms with Gasteiger partial charge in [-0.25, -0.2) is 4.79 Å². The predicted octanol–water partition coefficient (Wildman–Crippen LogP) is -1.42. The molecule has 0 aliphatic rings. The maximum atomic E-state index is 12.3. The summed E-state index contributed by atoms with van der Waals surface area (Å²) in [6, 6.07) is -0.0192. The minimum absolute atomic E-state index is 0.137. The molecule has 0 heterocycles. The first-order chi connectivity index (χ1) is 12.7. The Morgan fingerprint density at radius 2 is 1.78 bits per heavy atom. The van der Waals surface area contributed by atoms with E-state index >= 15 is 0 Å². The molecule has 0 aliphatic carbocycles. The highest BCUT2D eigenvalue weighted by Gasteiger charge is 2.22. The number of hydrogen-bond acceptors (Lipinski definition) is 7. The Hall–Kier alpha value is -1.69. The van der Waals surface area contributed by atoms with Crippen molar-refractivity contribution >= 4 is 26.0 Å². The zero-order chi connectivity index (χ0) is 20.7. The highest BCUT2D eigenvalue weighted by molar-refractivity contribution is 6.76. The molecule has 7 N–H and O–H groups in total. The predicted molar refractivity (Wildman–Crippen MR) is 106 cm³/mol. The van der Waals surface area contributed by atoms with Gasteiger partial charge in [0.25, 0.3) is 0 Å². The summed E-state index contributed by atoms with van der Waals surface area (Å²) in [4.78, 5) is 35.4. The van der Waals surface area contributed by atoms with Crippen LogP contribution in [0.4, 0.5) is 4.79 Å². The van der Waals surface area contributed by atoms with Crippen LogP contribution in [-0.4, -0.2) is 83.1 Å². The number of ether oxygens (including phenoxy) is 1. The van der Waals surface area contributed by atoms with Crippen LogP contribution in [0.5, 0.6) is 0 Å². The summed E-state index contributed by atoms with van der Waals surface area (Å²) in [5.41, 5.74) is 5.37. The summed E-state index contributed by atoms with van der Waals surface area (Å²) in [5, 5.41) is 19.5. The Morgan fingerprint density at radius 3 is 2.37 bits per heavy atom. The summed E-state index contributed by atoms with van der Waals surface area (Å²) in [7, 11) is -1.32. The van der Waals surface area contributed by atoms with Crippen LogP contribution in [0, 0.1) is 0 Å². The van der Waals surface area contributed by atoms with E-state index in [0.717, 1.165) is 6.04 Å². The lowest BCUT2D eigenvalue weighted by molar-refractivity contribution is -0.125. The number of aliphatic hydroxyl groups is 1. The van der Waals surface area contributed by atoms with Crippen molar-refractivity contribution in [3.8, 4) is 0 Å². The quantitative estimate of drug-likeness (QED) is 0.153. The van der Waals surface area contributed by atoms with Gasteiger partial charge in [-0.3, -0.25) is 9.59 Å². The summed E-state index contributed by atoms with van der Waals surface area (Å²) in [6.45, 7) is 8.42. The van der Waals surface area contributed by atoms with Crippen LogP contribution >= 0.6 is 0 Å². The summed E-state index contributed by atoms with van der Waals surface area (Å²) in [5.74, 6) is -0.914. The summed E-state index contributed by atoms with van der Waals surface area (Å²) < 4.78 is 5.16. The maximum Gasteiger partial charge on any atom is 0.407 e. The number of rotatable bonds is 14. The Labute approximate surface area is 162 Å². The number of carbonyl (C=O) groups excluding carboxylic acids is 3. The standard InChI is InChI=1S/C16H35N5O5Si/c1-27(2,3)11-10-26-16(25)21-13(4-6-19-14(23)12-22)15(24)20-9-8-18-7-5-17/h13,18,22H,4-12,17H2,1-3H3,(H,19,23)(H,20,24)(H,21,25)/t13-/m0/s1. The number of carbonyl (C=O) groups is 3. The largest absolute Gasteiger partial charge is 0.450 e. The summed E-state index contributed by atoms with van der Waals surface area (Å²) in [6.07, 6.45) is -0.486. The second kappa shape index (κ2) is 14.4. The van der Waals surface area contributed by atoms with E-state index in [0.29, 0.717) is 32.8 Å². The van der Waals surface area contributed by atoms with Crippen molar-refractivity contribution < 1.29 is 24.2 Å². The molecule has 0 aliphatic heterocycles. The van der Waals surface area contributed by atoms with Crippen molar-refractivity contribution in [3.05, 3.63) is 0 Å². The zero-order valence-corrected chi connectivity index (χ0v) is 17.6. The molecule has 11 heteroatoms. The van der Waals surface area contributed by atoms with Crippen molar-refractivity contribution in [2.24, 2.45) is 5.73 Å². The molecule has 0 bridgehead atoms. The molecule has 0 spiro atoms. The first-order valence-electron chi connectivity index (χ1n) is 9.19. The molecule has 27 heavy (non-hydrogen) atoms. The first-order valence-corrected chi connectivity index (χ1v) is 12.9. The van der Waals surface area contributed by atoms with Crippen molar-refractivity contribution in [1.29, 1.82) is 0 Å². The number of alkyl carbamates (subject to hydrolysis) is 1. The van der Waals surface area contributed by atoms with Gasteiger partial charge in [0.2, 0.25) is 11.8 Å². The molecule has 0 saturated heterocycles. The van der Waals surface area contributed by atoms with Gasteiger partial charge in [0.1, 0.15) is 12.6 Å². The van der Waals surface area contributed by atoms with Crippen molar-refractivity contribution in [2.75, 3.05) is 45.9 Å². The van der Waals surface area contributed by atoms with Gasteiger partial charge in [-0.2, -0.15) is 0 Å². The fourth-order valence-corrected chi connectivity index (χ4v) is 2.65. The van der Waals surface area contributed by atoms with Crippen LogP contribution in [-0.2, 0) is 14.3 Å². The molecule has 3 amide bonds. The molecule has 0 rings (SSSR count). The normalized spacial score (nSPS) is 12.2.